The number of hydrogen-bond acceptors (Lipinski definition) is 4. The smallest absolute Gasteiger partial charge is 0.259 e. The Morgan fingerprint density at radius 1 is 1.20 bits per heavy atom. The molecule has 7 heteroatoms. The molecule has 2 aromatic carbocycles. The SMILES string of the molecule is O=C1Nc2cc(Cl)ccc2Oc2ccc(NC(=O)C3CCCO3)cc21. The van der Waals surface area contributed by atoms with E-state index in [9.17, 15) is 9.59 Å². The van der Waals surface area contributed by atoms with Crippen LogP contribution in [0.2, 0.25) is 5.02 Å². The molecule has 1 atom stereocenters. The second-order valence-corrected chi connectivity index (χ2v) is 6.33. The first-order valence-corrected chi connectivity index (χ1v) is 8.33. The summed E-state index contributed by atoms with van der Waals surface area (Å²) in [5.74, 6) is 0.382. The maximum atomic E-state index is 12.5. The van der Waals surface area contributed by atoms with Crippen LogP contribution in [0.15, 0.2) is 36.4 Å². The van der Waals surface area contributed by atoms with Gasteiger partial charge in [0, 0.05) is 17.3 Å². The second kappa shape index (κ2) is 6.38. The van der Waals surface area contributed by atoms with Gasteiger partial charge >= 0.3 is 0 Å². The van der Waals surface area contributed by atoms with E-state index in [0.29, 0.717) is 46.5 Å². The van der Waals surface area contributed by atoms with Crippen LogP contribution in [-0.4, -0.2) is 24.5 Å². The molecule has 0 bridgehead atoms. The largest absolute Gasteiger partial charge is 0.454 e. The molecule has 0 radical (unpaired) electrons. The Balaban J connectivity index is 1.60. The van der Waals surface area contributed by atoms with Crippen LogP contribution in [0.1, 0.15) is 23.2 Å². The molecule has 2 aromatic rings. The third-order valence-corrected chi connectivity index (χ3v) is 4.36. The van der Waals surface area contributed by atoms with Crippen molar-refractivity contribution in [3.63, 3.8) is 0 Å². The van der Waals surface area contributed by atoms with E-state index < -0.39 is 6.10 Å². The molecule has 25 heavy (non-hydrogen) atoms. The molecule has 2 aliphatic heterocycles. The summed E-state index contributed by atoms with van der Waals surface area (Å²) in [6.07, 6.45) is 1.14. The molecule has 2 N–H and O–H groups in total. The van der Waals surface area contributed by atoms with Crippen LogP contribution < -0.4 is 15.4 Å². The first kappa shape index (κ1) is 15.9. The van der Waals surface area contributed by atoms with E-state index >= 15 is 0 Å². The quantitative estimate of drug-likeness (QED) is 0.855. The summed E-state index contributed by atoms with van der Waals surface area (Å²) in [5.41, 5.74) is 1.35. The molecule has 2 amide bonds. The molecule has 6 nitrogen and oxygen atoms in total. The van der Waals surface area contributed by atoms with Crippen molar-refractivity contribution in [2.75, 3.05) is 17.2 Å². The molecule has 2 aliphatic rings. The molecule has 1 saturated heterocycles. The number of halogens is 1. The van der Waals surface area contributed by atoms with E-state index in [1.807, 2.05) is 0 Å². The van der Waals surface area contributed by atoms with Gasteiger partial charge in [0.2, 0.25) is 0 Å². The van der Waals surface area contributed by atoms with E-state index in [-0.39, 0.29) is 11.8 Å². The topological polar surface area (TPSA) is 76.7 Å². The third-order valence-electron chi connectivity index (χ3n) is 4.12. The average Bonchev–Trinajstić information content (AvgIpc) is 3.09. The summed E-state index contributed by atoms with van der Waals surface area (Å²) in [6, 6.07) is 9.95. The summed E-state index contributed by atoms with van der Waals surface area (Å²) in [5, 5.41) is 6.05. The number of benzene rings is 2. The molecule has 0 aliphatic carbocycles. The van der Waals surface area contributed by atoms with Crippen molar-refractivity contribution in [1.29, 1.82) is 0 Å². The van der Waals surface area contributed by atoms with Gasteiger partial charge in [-0.2, -0.15) is 0 Å². The third kappa shape index (κ3) is 3.18. The number of anilines is 2. The van der Waals surface area contributed by atoms with Crippen LogP contribution in [0.4, 0.5) is 11.4 Å². The highest BCUT2D eigenvalue weighted by Crippen LogP contribution is 2.38. The summed E-state index contributed by atoms with van der Waals surface area (Å²) in [4.78, 5) is 24.7. The zero-order valence-corrected chi connectivity index (χ0v) is 13.9. The normalized spacial score (nSPS) is 18.4. The maximum absolute atomic E-state index is 12.5. The van der Waals surface area contributed by atoms with Gasteiger partial charge in [0.25, 0.3) is 11.8 Å². The predicted molar refractivity (Wildman–Crippen MR) is 93.5 cm³/mol. The lowest BCUT2D eigenvalue weighted by Crippen LogP contribution is -2.27. The molecule has 4 rings (SSSR count). The van der Waals surface area contributed by atoms with Crippen molar-refractivity contribution in [1.82, 2.24) is 0 Å². The Morgan fingerprint density at radius 3 is 2.84 bits per heavy atom. The Labute approximate surface area is 149 Å². The molecular weight excluding hydrogens is 344 g/mol. The van der Waals surface area contributed by atoms with Crippen LogP contribution in [0.25, 0.3) is 0 Å². The van der Waals surface area contributed by atoms with Crippen LogP contribution in [-0.2, 0) is 9.53 Å². The predicted octanol–water partition coefficient (Wildman–Crippen LogP) is 3.82. The second-order valence-electron chi connectivity index (χ2n) is 5.90. The fraction of sp³-hybridized carbons (Fsp3) is 0.222. The lowest BCUT2D eigenvalue weighted by Gasteiger charge is -2.12. The number of ether oxygens (including phenoxy) is 2. The van der Waals surface area contributed by atoms with Crippen LogP contribution in [0, 0.1) is 0 Å². The van der Waals surface area contributed by atoms with Crippen molar-refractivity contribution >= 4 is 34.8 Å². The number of fused-ring (bicyclic) bond motifs is 2. The molecule has 0 aromatic heterocycles. The molecule has 0 spiro atoms. The van der Waals surface area contributed by atoms with Crippen molar-refractivity contribution in [2.24, 2.45) is 0 Å². The lowest BCUT2D eigenvalue weighted by atomic mass is 10.1. The first-order chi connectivity index (χ1) is 12.1. The number of nitrogens with one attached hydrogen (secondary N) is 2. The Bertz CT molecular complexity index is 862. The average molecular weight is 359 g/mol. The summed E-state index contributed by atoms with van der Waals surface area (Å²) < 4.78 is 11.2. The van der Waals surface area contributed by atoms with Gasteiger partial charge in [-0.1, -0.05) is 11.6 Å². The van der Waals surface area contributed by atoms with E-state index in [0.717, 1.165) is 6.42 Å². The van der Waals surface area contributed by atoms with Gasteiger partial charge in [-0.3, -0.25) is 9.59 Å². The minimum Gasteiger partial charge on any atom is -0.454 e. The number of amides is 2. The highest BCUT2D eigenvalue weighted by Gasteiger charge is 2.25. The number of rotatable bonds is 2. The molecule has 2 heterocycles. The zero-order valence-electron chi connectivity index (χ0n) is 13.2. The van der Waals surface area contributed by atoms with Gasteiger partial charge in [0.1, 0.15) is 11.9 Å². The molecule has 128 valence electrons. The van der Waals surface area contributed by atoms with Gasteiger partial charge in [-0.25, -0.2) is 0 Å². The van der Waals surface area contributed by atoms with E-state index in [1.165, 1.54) is 0 Å². The van der Waals surface area contributed by atoms with Crippen molar-refractivity contribution in [2.45, 2.75) is 18.9 Å². The van der Waals surface area contributed by atoms with Gasteiger partial charge < -0.3 is 20.1 Å². The minimum atomic E-state index is -0.435. The minimum absolute atomic E-state index is 0.206. The number of hydrogen-bond donors (Lipinski definition) is 2. The number of carbonyl (C=O) groups excluding carboxylic acids is 2. The van der Waals surface area contributed by atoms with Gasteiger partial charge in [0.05, 0.1) is 11.3 Å². The summed E-state index contributed by atoms with van der Waals surface area (Å²) in [7, 11) is 0. The maximum Gasteiger partial charge on any atom is 0.259 e. The fourth-order valence-corrected chi connectivity index (χ4v) is 3.05. The van der Waals surface area contributed by atoms with E-state index in [2.05, 4.69) is 10.6 Å². The first-order valence-electron chi connectivity index (χ1n) is 7.95. The molecule has 0 saturated carbocycles. The monoisotopic (exact) mass is 358 g/mol. The Morgan fingerprint density at radius 2 is 2.04 bits per heavy atom. The highest BCUT2D eigenvalue weighted by atomic mass is 35.5. The Kier molecular flexibility index (Phi) is 4.07. The van der Waals surface area contributed by atoms with Crippen LogP contribution in [0.5, 0.6) is 11.5 Å². The van der Waals surface area contributed by atoms with E-state index in [4.69, 9.17) is 21.1 Å². The highest BCUT2D eigenvalue weighted by molar-refractivity contribution is 6.31. The van der Waals surface area contributed by atoms with E-state index in [1.54, 1.807) is 36.4 Å². The standard InChI is InChI=1S/C18H15ClN2O4/c19-10-3-5-15-13(8-10)21-17(22)12-9-11(4-6-14(12)25-15)20-18(23)16-2-1-7-24-16/h3-6,8-9,16H,1-2,7H2,(H,20,23)(H,21,22). The molecule has 1 unspecified atom stereocenters. The van der Waals surface area contributed by atoms with Crippen LogP contribution >= 0.6 is 11.6 Å². The lowest BCUT2D eigenvalue weighted by molar-refractivity contribution is -0.124. The van der Waals surface area contributed by atoms with Crippen LogP contribution in [0.3, 0.4) is 0 Å². The van der Waals surface area contributed by atoms with Gasteiger partial charge in [-0.05, 0) is 49.2 Å². The van der Waals surface area contributed by atoms with Gasteiger partial charge in [-0.15, -0.1) is 0 Å². The van der Waals surface area contributed by atoms with Crippen molar-refractivity contribution < 1.29 is 19.1 Å². The van der Waals surface area contributed by atoms with Crippen molar-refractivity contribution in [3.8, 4) is 11.5 Å². The zero-order chi connectivity index (χ0) is 17.4. The molecule has 1 fully saturated rings. The Hall–Kier alpha value is -2.57. The molecular formula is C18H15ClN2O4. The summed E-state index contributed by atoms with van der Waals surface area (Å²) >= 11 is 5.97. The number of carbonyl (C=O) groups is 2. The summed E-state index contributed by atoms with van der Waals surface area (Å²) in [6.45, 7) is 0.597. The fourth-order valence-electron chi connectivity index (χ4n) is 2.88. The van der Waals surface area contributed by atoms with Gasteiger partial charge in [0.15, 0.2) is 5.75 Å². The van der Waals surface area contributed by atoms with Crippen molar-refractivity contribution in [3.05, 3.63) is 47.0 Å².